The summed E-state index contributed by atoms with van der Waals surface area (Å²) in [6.07, 6.45) is 44.8. The van der Waals surface area contributed by atoms with Crippen LogP contribution in [0.25, 0.3) is 0 Å². The molecule has 236 valence electrons. The minimum atomic E-state index is 0.784. The van der Waals surface area contributed by atoms with Gasteiger partial charge in [0, 0.05) is 0 Å². The van der Waals surface area contributed by atoms with Gasteiger partial charge in [0.25, 0.3) is 0 Å². The number of rotatable bonds is 16. The predicted octanol–water partition coefficient (Wildman–Crippen LogP) is 12.5. The van der Waals surface area contributed by atoms with E-state index in [-0.39, 0.29) is 0 Å². The first-order valence-corrected chi connectivity index (χ1v) is 19.1. The zero-order valence-electron chi connectivity index (χ0n) is 27.7. The van der Waals surface area contributed by atoms with Gasteiger partial charge in [-0.2, -0.15) is 0 Å². The van der Waals surface area contributed by atoms with Crippen molar-refractivity contribution in [2.45, 2.75) is 168 Å². The number of allylic oxidation sites excluding steroid dienone is 2. The van der Waals surface area contributed by atoms with Gasteiger partial charge in [0.15, 0.2) is 0 Å². The zero-order chi connectivity index (χ0) is 28.5. The van der Waals surface area contributed by atoms with E-state index in [2.05, 4.69) is 38.2 Å². The number of ether oxygens (including phenoxy) is 1. The van der Waals surface area contributed by atoms with Crippen molar-refractivity contribution in [2.24, 2.45) is 47.3 Å². The summed E-state index contributed by atoms with van der Waals surface area (Å²) in [5, 5.41) is 0. The normalized spacial score (nSPS) is 35.4. The molecule has 0 saturated heterocycles. The van der Waals surface area contributed by atoms with Gasteiger partial charge in [-0.05, 0) is 137 Å². The molecule has 4 fully saturated rings. The van der Waals surface area contributed by atoms with E-state index >= 15 is 0 Å². The molecule has 41 heavy (non-hydrogen) atoms. The van der Waals surface area contributed by atoms with Crippen molar-refractivity contribution < 1.29 is 4.74 Å². The molecule has 1 nitrogen and oxygen atoms in total. The molecule has 4 aliphatic rings. The summed E-state index contributed by atoms with van der Waals surface area (Å²) in [6, 6.07) is 0. The zero-order valence-corrected chi connectivity index (χ0v) is 27.7. The Balaban J connectivity index is 0.961. The van der Waals surface area contributed by atoms with Crippen LogP contribution in [0.2, 0.25) is 0 Å². The highest BCUT2D eigenvalue weighted by Gasteiger charge is 2.31. The Labute approximate surface area is 257 Å². The molecule has 0 aromatic carbocycles. The largest absolute Gasteiger partial charge is 0.373 e. The molecule has 0 bridgehead atoms. The van der Waals surface area contributed by atoms with E-state index in [1.165, 1.54) is 154 Å². The lowest BCUT2D eigenvalue weighted by molar-refractivity contribution is 0.143. The van der Waals surface area contributed by atoms with Crippen LogP contribution in [-0.2, 0) is 4.74 Å². The third-order valence-corrected chi connectivity index (χ3v) is 12.5. The van der Waals surface area contributed by atoms with Crippen LogP contribution in [0, 0.1) is 47.3 Å². The molecule has 0 N–H and O–H groups in total. The van der Waals surface area contributed by atoms with Gasteiger partial charge < -0.3 is 4.74 Å². The first kappa shape index (κ1) is 33.3. The average Bonchev–Trinajstić information content (AvgIpc) is 3.03. The van der Waals surface area contributed by atoms with E-state index in [1.807, 2.05) is 0 Å². The third kappa shape index (κ3) is 12.2. The van der Waals surface area contributed by atoms with E-state index < -0.39 is 0 Å². The van der Waals surface area contributed by atoms with Gasteiger partial charge >= 0.3 is 0 Å². The summed E-state index contributed by atoms with van der Waals surface area (Å²) in [4.78, 5) is 0. The highest BCUT2D eigenvalue weighted by molar-refractivity contribution is 4.90. The molecule has 0 aromatic rings. The van der Waals surface area contributed by atoms with Crippen LogP contribution in [0.5, 0.6) is 0 Å². The third-order valence-electron chi connectivity index (χ3n) is 12.5. The Morgan fingerprint density at radius 1 is 0.415 bits per heavy atom. The standard InChI is InChI=1S/C40H70O/c1-3-5-11-33-15-23-37(24-16-33)39-27-19-35(20-28-39)13-7-9-31-41-32-10-8-14-36-21-29-40(30-22-36)38-25-17-34(18-26-38)12-6-4-2/h7-10,33-40H,3-6,11-32H2,1-2H3/t33-,34-,35-,36-,37-,38-,39-,40-. The summed E-state index contributed by atoms with van der Waals surface area (Å²) >= 11 is 0. The molecule has 0 heterocycles. The van der Waals surface area contributed by atoms with Crippen molar-refractivity contribution in [1.82, 2.24) is 0 Å². The summed E-state index contributed by atoms with van der Waals surface area (Å²) in [5.74, 6) is 8.20. The quantitative estimate of drug-likeness (QED) is 0.133. The SMILES string of the molecule is CCCC[C@H]1CC[C@H]([C@H]2CC[C@H](CC=CCOCC=CC[C@H]3CC[C@H]([C@H]4CC[C@H](CCCC)CC4)CC3)CC2)CC1. The number of hydrogen-bond acceptors (Lipinski definition) is 1. The highest BCUT2D eigenvalue weighted by Crippen LogP contribution is 2.44. The van der Waals surface area contributed by atoms with E-state index in [4.69, 9.17) is 4.74 Å². The molecule has 0 amide bonds. The van der Waals surface area contributed by atoms with Gasteiger partial charge in [0.1, 0.15) is 0 Å². The molecule has 0 unspecified atom stereocenters. The maximum absolute atomic E-state index is 5.90. The lowest BCUT2D eigenvalue weighted by Crippen LogP contribution is -2.25. The van der Waals surface area contributed by atoms with Gasteiger partial charge in [-0.1, -0.05) is 102 Å². The van der Waals surface area contributed by atoms with Gasteiger partial charge in [0.2, 0.25) is 0 Å². The fourth-order valence-corrected chi connectivity index (χ4v) is 9.59. The first-order chi connectivity index (χ1) is 20.2. The molecule has 0 aliphatic heterocycles. The minimum absolute atomic E-state index is 0.784. The van der Waals surface area contributed by atoms with Crippen LogP contribution >= 0.6 is 0 Å². The Morgan fingerprint density at radius 2 is 0.732 bits per heavy atom. The van der Waals surface area contributed by atoms with Gasteiger partial charge in [-0.15, -0.1) is 0 Å². The van der Waals surface area contributed by atoms with Crippen molar-refractivity contribution in [3.8, 4) is 0 Å². The second-order valence-corrected chi connectivity index (χ2v) is 15.4. The molecule has 1 heteroatoms. The molecular formula is C40H70O. The van der Waals surface area contributed by atoms with Crippen LogP contribution < -0.4 is 0 Å². The highest BCUT2D eigenvalue weighted by atomic mass is 16.5. The number of unbranched alkanes of at least 4 members (excludes halogenated alkanes) is 2. The van der Waals surface area contributed by atoms with E-state index in [9.17, 15) is 0 Å². The average molecular weight is 567 g/mol. The summed E-state index contributed by atoms with van der Waals surface area (Å²) in [5.41, 5.74) is 0. The fraction of sp³-hybridized carbons (Fsp3) is 0.900. The Morgan fingerprint density at radius 3 is 1.05 bits per heavy atom. The second kappa shape index (κ2) is 19.7. The van der Waals surface area contributed by atoms with Gasteiger partial charge in [-0.25, -0.2) is 0 Å². The minimum Gasteiger partial charge on any atom is -0.373 e. The monoisotopic (exact) mass is 567 g/mol. The molecule has 0 atom stereocenters. The Kier molecular flexibility index (Phi) is 16.0. The Hall–Kier alpha value is -0.560. The predicted molar refractivity (Wildman–Crippen MR) is 179 cm³/mol. The fourth-order valence-electron chi connectivity index (χ4n) is 9.59. The topological polar surface area (TPSA) is 9.23 Å². The van der Waals surface area contributed by atoms with E-state index in [1.54, 1.807) is 0 Å². The van der Waals surface area contributed by atoms with E-state index in [0.717, 1.165) is 60.6 Å². The molecule has 0 spiro atoms. The second-order valence-electron chi connectivity index (χ2n) is 15.4. The molecular weight excluding hydrogens is 496 g/mol. The van der Waals surface area contributed by atoms with Crippen molar-refractivity contribution in [3.63, 3.8) is 0 Å². The van der Waals surface area contributed by atoms with E-state index in [0.29, 0.717) is 0 Å². The number of hydrogen-bond donors (Lipinski definition) is 0. The lowest BCUT2D eigenvalue weighted by Gasteiger charge is -2.37. The summed E-state index contributed by atoms with van der Waals surface area (Å²) in [7, 11) is 0. The molecule has 4 saturated carbocycles. The first-order valence-electron chi connectivity index (χ1n) is 19.1. The van der Waals surface area contributed by atoms with Crippen LogP contribution in [0.15, 0.2) is 24.3 Å². The van der Waals surface area contributed by atoms with Crippen LogP contribution in [0.1, 0.15) is 168 Å². The Bertz CT molecular complexity index is 630. The molecule has 0 aromatic heterocycles. The van der Waals surface area contributed by atoms with Crippen LogP contribution in [0.3, 0.4) is 0 Å². The van der Waals surface area contributed by atoms with Crippen molar-refractivity contribution >= 4 is 0 Å². The van der Waals surface area contributed by atoms with Crippen LogP contribution in [-0.4, -0.2) is 13.2 Å². The summed E-state index contributed by atoms with van der Waals surface area (Å²) < 4.78 is 5.90. The maximum atomic E-state index is 5.90. The lowest BCUT2D eigenvalue weighted by atomic mass is 9.68. The summed E-state index contributed by atoms with van der Waals surface area (Å²) in [6.45, 7) is 6.25. The van der Waals surface area contributed by atoms with Crippen molar-refractivity contribution in [1.29, 1.82) is 0 Å². The maximum Gasteiger partial charge on any atom is 0.0651 e. The van der Waals surface area contributed by atoms with Crippen molar-refractivity contribution in [2.75, 3.05) is 13.2 Å². The van der Waals surface area contributed by atoms with Crippen LogP contribution in [0.4, 0.5) is 0 Å². The van der Waals surface area contributed by atoms with Crippen molar-refractivity contribution in [3.05, 3.63) is 24.3 Å². The van der Waals surface area contributed by atoms with Gasteiger partial charge in [0.05, 0.1) is 13.2 Å². The molecule has 0 radical (unpaired) electrons. The molecule has 4 aliphatic carbocycles. The van der Waals surface area contributed by atoms with Gasteiger partial charge in [-0.3, -0.25) is 0 Å². The molecule has 4 rings (SSSR count). The smallest absolute Gasteiger partial charge is 0.0651 e.